The van der Waals surface area contributed by atoms with Gasteiger partial charge in [0.25, 0.3) is 6.43 Å². The Hall–Kier alpha value is -5.43. The molecule has 0 aliphatic heterocycles. The zero-order chi connectivity index (χ0) is 31.9. The molecule has 228 valence electrons. The van der Waals surface area contributed by atoms with Crippen LogP contribution in [0.4, 0.5) is 20.2 Å². The van der Waals surface area contributed by atoms with Crippen LogP contribution in [-0.4, -0.2) is 47.7 Å². The minimum Gasteiger partial charge on any atom is -0.383 e. The predicted octanol–water partition coefficient (Wildman–Crippen LogP) is 5.87. The third-order valence-corrected chi connectivity index (χ3v) is 8.10. The number of fused-ring (bicyclic) bond motifs is 1. The highest BCUT2D eigenvalue weighted by Crippen LogP contribution is 2.48. The van der Waals surface area contributed by atoms with Gasteiger partial charge < -0.3 is 10.6 Å². The Balaban J connectivity index is 1.52. The summed E-state index contributed by atoms with van der Waals surface area (Å²) in [5, 5.41) is 43.8. The molecule has 0 unspecified atom stereocenters. The second kappa shape index (κ2) is 11.2. The second-order valence-corrected chi connectivity index (χ2v) is 12.5. The summed E-state index contributed by atoms with van der Waals surface area (Å²) < 4.78 is 31.1. The van der Waals surface area contributed by atoms with E-state index in [1.54, 1.807) is 35.6 Å². The molecule has 5 aromatic rings. The van der Waals surface area contributed by atoms with Crippen LogP contribution in [-0.2, 0) is 5.54 Å². The molecule has 0 spiro atoms. The molecule has 11 nitrogen and oxygen atoms in total. The monoisotopic (exact) mass is 607 g/mol. The second-order valence-electron chi connectivity index (χ2n) is 12.5. The molecule has 13 heteroatoms. The van der Waals surface area contributed by atoms with E-state index in [0.717, 1.165) is 16.8 Å². The zero-order valence-corrected chi connectivity index (χ0v) is 25.3. The van der Waals surface area contributed by atoms with Crippen LogP contribution < -0.4 is 10.6 Å². The minimum absolute atomic E-state index is 0.0857. The first kappa shape index (κ1) is 29.6. The summed E-state index contributed by atoms with van der Waals surface area (Å²) in [4.78, 5) is 4.64. The molecule has 3 aromatic heterocycles. The highest BCUT2D eigenvalue weighted by molar-refractivity contribution is 6.01. The molecular formula is C32H31F2N11. The van der Waals surface area contributed by atoms with Crippen LogP contribution in [0.15, 0.2) is 55.4 Å². The fourth-order valence-electron chi connectivity index (χ4n) is 5.43. The number of aromatic nitrogens is 7. The van der Waals surface area contributed by atoms with Crippen molar-refractivity contribution in [3.05, 3.63) is 83.3 Å². The number of nitrogens with one attached hydrogen (secondary N) is 2. The standard InChI is InChI=1S/C32H31F2N11/c1-19-22(6-5-7-26(19)44-17-39-40-18-44)29(25-15-45(43-42-25)32(8-9-32)30(33)34)41-24-11-20(12-35)10-23-27(38-16-31(2,3)4)21(13-36)14-37-28(23)24/h5-7,10-11,14-15,17-18,29-30,41H,8-9,16H2,1-4H3,(H,37,38)/t29-/m0/s1. The smallest absolute Gasteiger partial charge is 0.263 e. The lowest BCUT2D eigenvalue weighted by Gasteiger charge is -2.24. The van der Waals surface area contributed by atoms with Gasteiger partial charge in [-0.25, -0.2) is 13.5 Å². The number of hydrogen-bond donors (Lipinski definition) is 2. The van der Waals surface area contributed by atoms with E-state index < -0.39 is 18.0 Å². The fourth-order valence-corrected chi connectivity index (χ4v) is 5.43. The molecular weight excluding hydrogens is 576 g/mol. The Morgan fingerprint density at radius 1 is 1.09 bits per heavy atom. The lowest BCUT2D eigenvalue weighted by molar-refractivity contribution is 0.0593. The Bertz CT molecular complexity index is 1960. The van der Waals surface area contributed by atoms with Crippen molar-refractivity contribution in [1.82, 2.24) is 34.7 Å². The largest absolute Gasteiger partial charge is 0.383 e. The van der Waals surface area contributed by atoms with Crippen LogP contribution in [0.1, 0.15) is 67.6 Å². The normalized spacial score (nSPS) is 14.6. The van der Waals surface area contributed by atoms with Crippen LogP contribution in [0.2, 0.25) is 0 Å². The molecule has 0 amide bonds. The zero-order valence-electron chi connectivity index (χ0n) is 25.3. The van der Waals surface area contributed by atoms with Crippen LogP contribution in [0.5, 0.6) is 0 Å². The van der Waals surface area contributed by atoms with Gasteiger partial charge >= 0.3 is 0 Å². The van der Waals surface area contributed by atoms with Crippen molar-refractivity contribution in [2.24, 2.45) is 5.41 Å². The summed E-state index contributed by atoms with van der Waals surface area (Å²) in [6, 6.07) is 12.9. The van der Waals surface area contributed by atoms with Gasteiger partial charge in [0.2, 0.25) is 0 Å². The average molecular weight is 608 g/mol. The van der Waals surface area contributed by atoms with Gasteiger partial charge in [-0.1, -0.05) is 38.1 Å². The minimum atomic E-state index is -2.58. The fraction of sp³-hybridized carbons (Fsp3) is 0.344. The van der Waals surface area contributed by atoms with E-state index >= 15 is 0 Å². The van der Waals surface area contributed by atoms with E-state index in [-0.39, 0.29) is 5.41 Å². The summed E-state index contributed by atoms with van der Waals surface area (Å²) in [6.07, 6.45) is 4.32. The van der Waals surface area contributed by atoms with E-state index in [1.807, 2.05) is 25.1 Å². The number of nitrogens with zero attached hydrogens (tertiary/aromatic N) is 9. The molecule has 1 saturated carbocycles. The van der Waals surface area contributed by atoms with Crippen molar-refractivity contribution in [2.75, 3.05) is 17.2 Å². The van der Waals surface area contributed by atoms with Crippen LogP contribution in [0, 0.1) is 35.0 Å². The molecule has 0 bridgehead atoms. The van der Waals surface area contributed by atoms with Crippen molar-refractivity contribution in [2.45, 2.75) is 58.5 Å². The number of pyridine rings is 1. The third-order valence-electron chi connectivity index (χ3n) is 8.10. The summed E-state index contributed by atoms with van der Waals surface area (Å²) in [7, 11) is 0. The van der Waals surface area contributed by atoms with E-state index in [0.29, 0.717) is 58.5 Å². The Morgan fingerprint density at radius 3 is 2.49 bits per heavy atom. The van der Waals surface area contributed by atoms with Crippen molar-refractivity contribution < 1.29 is 8.78 Å². The Kier molecular flexibility index (Phi) is 7.41. The average Bonchev–Trinajstić information content (AvgIpc) is 3.39. The first-order valence-corrected chi connectivity index (χ1v) is 14.5. The third kappa shape index (κ3) is 5.53. The molecule has 1 fully saturated rings. The SMILES string of the molecule is Cc1c([C@H](Nc2cc(C#N)cc3c(NCC(C)(C)C)c(C#N)cnc23)c2cn(C3(C(F)F)CC3)nn2)cccc1-n1cnnc1. The van der Waals surface area contributed by atoms with Gasteiger partial charge in [-0.3, -0.25) is 9.55 Å². The molecule has 1 aliphatic rings. The first-order chi connectivity index (χ1) is 21.5. The molecule has 2 aromatic carbocycles. The van der Waals surface area contributed by atoms with Gasteiger partial charge in [0.1, 0.15) is 30.0 Å². The molecule has 1 aliphatic carbocycles. The summed E-state index contributed by atoms with van der Waals surface area (Å²) in [6.45, 7) is 8.76. The molecule has 3 heterocycles. The first-order valence-electron chi connectivity index (χ1n) is 14.5. The van der Waals surface area contributed by atoms with Crippen molar-refractivity contribution in [1.29, 1.82) is 10.5 Å². The Labute approximate surface area is 258 Å². The van der Waals surface area contributed by atoms with Gasteiger partial charge in [-0.15, -0.1) is 15.3 Å². The molecule has 2 N–H and O–H groups in total. The predicted molar refractivity (Wildman–Crippen MR) is 164 cm³/mol. The van der Waals surface area contributed by atoms with Gasteiger partial charge in [0.15, 0.2) is 0 Å². The Morgan fingerprint density at radius 2 is 1.84 bits per heavy atom. The topological polar surface area (TPSA) is 146 Å². The molecule has 45 heavy (non-hydrogen) atoms. The quantitative estimate of drug-likeness (QED) is 0.210. The van der Waals surface area contributed by atoms with Crippen molar-refractivity contribution >= 4 is 22.3 Å². The maximum absolute atomic E-state index is 14.0. The van der Waals surface area contributed by atoms with Gasteiger partial charge in [0.05, 0.1) is 52.0 Å². The number of hydrogen-bond acceptors (Lipinski definition) is 9. The van der Waals surface area contributed by atoms with Crippen molar-refractivity contribution in [3.63, 3.8) is 0 Å². The van der Waals surface area contributed by atoms with E-state index in [4.69, 9.17) is 0 Å². The van der Waals surface area contributed by atoms with Crippen molar-refractivity contribution in [3.8, 4) is 17.8 Å². The summed E-state index contributed by atoms with van der Waals surface area (Å²) in [5.41, 5.74) is 3.79. The van der Waals surface area contributed by atoms with Crippen LogP contribution in [0.25, 0.3) is 16.6 Å². The molecule has 0 saturated heterocycles. The molecule has 6 rings (SSSR count). The van der Waals surface area contributed by atoms with Gasteiger partial charge in [0, 0.05) is 18.1 Å². The maximum Gasteiger partial charge on any atom is 0.263 e. The number of rotatable bonds is 9. The van der Waals surface area contributed by atoms with E-state index in [2.05, 4.69) is 69.0 Å². The number of halogens is 2. The molecule has 0 radical (unpaired) electrons. The number of alkyl halides is 2. The lowest BCUT2D eigenvalue weighted by atomic mass is 9.95. The van der Waals surface area contributed by atoms with Crippen LogP contribution >= 0.6 is 0 Å². The van der Waals surface area contributed by atoms with Gasteiger partial charge in [-0.05, 0) is 54.5 Å². The lowest BCUT2D eigenvalue weighted by Crippen LogP contribution is -2.26. The summed E-state index contributed by atoms with van der Waals surface area (Å²) in [5.74, 6) is 0. The van der Waals surface area contributed by atoms with E-state index in [9.17, 15) is 19.3 Å². The number of benzene rings is 2. The highest BCUT2D eigenvalue weighted by Gasteiger charge is 2.54. The van der Waals surface area contributed by atoms with E-state index in [1.165, 1.54) is 10.9 Å². The summed E-state index contributed by atoms with van der Waals surface area (Å²) >= 11 is 0. The number of anilines is 2. The highest BCUT2D eigenvalue weighted by atomic mass is 19.3. The van der Waals surface area contributed by atoms with Gasteiger partial charge in [-0.2, -0.15) is 10.5 Å². The molecule has 1 atom stereocenters. The van der Waals surface area contributed by atoms with Crippen LogP contribution in [0.3, 0.4) is 0 Å². The maximum atomic E-state index is 14.0. The number of nitriles is 2.